The van der Waals surface area contributed by atoms with E-state index in [0.717, 1.165) is 22.1 Å². The van der Waals surface area contributed by atoms with Gasteiger partial charge in [0.1, 0.15) is 10.8 Å². The molecule has 0 unspecified atom stereocenters. The highest BCUT2D eigenvalue weighted by molar-refractivity contribution is 14.1. The summed E-state index contributed by atoms with van der Waals surface area (Å²) in [5.74, 6) is 0.481. The maximum Gasteiger partial charge on any atom is 0.181 e. The normalized spacial score (nSPS) is 10.7. The van der Waals surface area contributed by atoms with Crippen LogP contribution < -0.4 is 0 Å². The standard InChI is InChI=1S/C12H10Cl2IN3/c1-2-4-8-9(15)11(14)18-12(17-8)10-7(13)5-3-6-16-10/h3,5-6H,2,4H2,1H3. The summed E-state index contributed by atoms with van der Waals surface area (Å²) in [4.78, 5) is 13.0. The highest BCUT2D eigenvalue weighted by Gasteiger charge is 2.14. The number of halogens is 3. The summed E-state index contributed by atoms with van der Waals surface area (Å²) in [7, 11) is 0. The first-order chi connectivity index (χ1) is 8.63. The summed E-state index contributed by atoms with van der Waals surface area (Å²) >= 11 is 14.4. The van der Waals surface area contributed by atoms with Gasteiger partial charge in [0.05, 0.1) is 14.3 Å². The third kappa shape index (κ3) is 2.92. The number of aryl methyl sites for hydroxylation is 1. The van der Waals surface area contributed by atoms with E-state index in [9.17, 15) is 0 Å². The molecule has 0 fully saturated rings. The van der Waals surface area contributed by atoms with E-state index in [2.05, 4.69) is 44.5 Å². The van der Waals surface area contributed by atoms with Gasteiger partial charge >= 0.3 is 0 Å². The Hall–Kier alpha value is -0.460. The van der Waals surface area contributed by atoms with Gasteiger partial charge in [0.15, 0.2) is 5.82 Å². The van der Waals surface area contributed by atoms with Crippen molar-refractivity contribution in [2.24, 2.45) is 0 Å². The van der Waals surface area contributed by atoms with Gasteiger partial charge in [0.25, 0.3) is 0 Å². The Morgan fingerprint density at radius 1 is 1.28 bits per heavy atom. The topological polar surface area (TPSA) is 38.7 Å². The number of pyridine rings is 1. The van der Waals surface area contributed by atoms with E-state index in [1.807, 2.05) is 0 Å². The molecule has 0 aromatic carbocycles. The fraction of sp³-hybridized carbons (Fsp3) is 0.250. The van der Waals surface area contributed by atoms with Crippen LogP contribution in [0.4, 0.5) is 0 Å². The van der Waals surface area contributed by atoms with Crippen LogP contribution in [0.25, 0.3) is 11.5 Å². The summed E-state index contributed by atoms with van der Waals surface area (Å²) < 4.78 is 0.895. The number of aromatic nitrogens is 3. The van der Waals surface area contributed by atoms with Gasteiger partial charge in [0, 0.05) is 6.20 Å². The Balaban J connectivity index is 2.56. The third-order valence-corrected chi connectivity index (χ3v) is 4.37. The van der Waals surface area contributed by atoms with Gasteiger partial charge < -0.3 is 0 Å². The fourth-order valence-electron chi connectivity index (χ4n) is 1.52. The molecule has 0 saturated carbocycles. The van der Waals surface area contributed by atoms with Crippen LogP contribution in [-0.2, 0) is 6.42 Å². The molecule has 0 amide bonds. The van der Waals surface area contributed by atoms with E-state index in [4.69, 9.17) is 23.2 Å². The molecular formula is C12H10Cl2IN3. The van der Waals surface area contributed by atoms with Gasteiger partial charge in [0.2, 0.25) is 0 Å². The lowest BCUT2D eigenvalue weighted by Gasteiger charge is -2.07. The number of hydrogen-bond donors (Lipinski definition) is 0. The zero-order valence-corrected chi connectivity index (χ0v) is 13.3. The van der Waals surface area contributed by atoms with Crippen LogP contribution in [-0.4, -0.2) is 15.0 Å². The molecule has 0 spiro atoms. The van der Waals surface area contributed by atoms with Crippen LogP contribution in [0, 0.1) is 3.57 Å². The number of rotatable bonds is 3. The Morgan fingerprint density at radius 2 is 2.06 bits per heavy atom. The molecule has 0 bridgehead atoms. The van der Waals surface area contributed by atoms with E-state index in [-0.39, 0.29) is 0 Å². The first kappa shape index (κ1) is 14.0. The lowest BCUT2D eigenvalue weighted by atomic mass is 10.2. The lowest BCUT2D eigenvalue weighted by molar-refractivity contribution is 0.866. The van der Waals surface area contributed by atoms with Crippen molar-refractivity contribution in [1.82, 2.24) is 15.0 Å². The average molecular weight is 394 g/mol. The molecule has 0 N–H and O–H groups in total. The molecule has 18 heavy (non-hydrogen) atoms. The predicted molar refractivity (Wildman–Crippen MR) is 82.0 cm³/mol. The van der Waals surface area contributed by atoms with Crippen molar-refractivity contribution in [3.8, 4) is 11.5 Å². The van der Waals surface area contributed by atoms with Gasteiger partial charge in [-0.1, -0.05) is 36.5 Å². The second kappa shape index (κ2) is 6.12. The zero-order chi connectivity index (χ0) is 13.1. The second-order valence-corrected chi connectivity index (χ2v) is 5.53. The average Bonchev–Trinajstić information content (AvgIpc) is 2.35. The molecule has 6 heteroatoms. The van der Waals surface area contributed by atoms with Crippen LogP contribution in [0.1, 0.15) is 19.0 Å². The molecule has 2 aromatic rings. The van der Waals surface area contributed by atoms with Crippen molar-refractivity contribution < 1.29 is 0 Å². The van der Waals surface area contributed by atoms with Crippen molar-refractivity contribution in [3.05, 3.63) is 37.8 Å². The van der Waals surface area contributed by atoms with E-state index in [1.165, 1.54) is 0 Å². The monoisotopic (exact) mass is 393 g/mol. The minimum atomic E-state index is 0.450. The van der Waals surface area contributed by atoms with Gasteiger partial charge in [-0.15, -0.1) is 0 Å². The van der Waals surface area contributed by atoms with Crippen LogP contribution in [0.5, 0.6) is 0 Å². The molecular weight excluding hydrogens is 384 g/mol. The van der Waals surface area contributed by atoms with E-state index < -0.39 is 0 Å². The summed E-state index contributed by atoms with van der Waals surface area (Å²) in [6.07, 6.45) is 3.52. The molecule has 0 aliphatic heterocycles. The summed E-state index contributed by atoms with van der Waals surface area (Å²) in [6.45, 7) is 2.10. The summed E-state index contributed by atoms with van der Waals surface area (Å²) in [6, 6.07) is 3.53. The Bertz CT molecular complexity index is 575. The van der Waals surface area contributed by atoms with Crippen molar-refractivity contribution in [1.29, 1.82) is 0 Å². The first-order valence-electron chi connectivity index (χ1n) is 5.46. The quantitative estimate of drug-likeness (QED) is 0.572. The molecule has 94 valence electrons. The maximum atomic E-state index is 6.13. The predicted octanol–water partition coefficient (Wildman–Crippen LogP) is 4.40. The molecule has 2 rings (SSSR count). The van der Waals surface area contributed by atoms with Gasteiger partial charge in [-0.25, -0.2) is 9.97 Å². The summed E-state index contributed by atoms with van der Waals surface area (Å²) in [5, 5.41) is 0.975. The van der Waals surface area contributed by atoms with E-state index in [0.29, 0.717) is 21.7 Å². The number of nitrogens with zero attached hydrogens (tertiary/aromatic N) is 3. The minimum Gasteiger partial charge on any atom is -0.251 e. The van der Waals surface area contributed by atoms with Crippen molar-refractivity contribution in [2.75, 3.05) is 0 Å². The molecule has 0 aliphatic rings. The molecule has 3 nitrogen and oxygen atoms in total. The van der Waals surface area contributed by atoms with Crippen molar-refractivity contribution in [2.45, 2.75) is 19.8 Å². The maximum absolute atomic E-state index is 6.13. The van der Waals surface area contributed by atoms with Crippen LogP contribution in [0.15, 0.2) is 18.3 Å². The second-order valence-electron chi connectivity index (χ2n) is 3.68. The molecule has 0 radical (unpaired) electrons. The minimum absolute atomic E-state index is 0.450. The lowest BCUT2D eigenvalue weighted by Crippen LogP contribution is -2.01. The van der Waals surface area contributed by atoms with Crippen molar-refractivity contribution >= 4 is 45.8 Å². The largest absolute Gasteiger partial charge is 0.251 e. The van der Waals surface area contributed by atoms with Gasteiger partial charge in [-0.2, -0.15) is 0 Å². The molecule has 2 aromatic heterocycles. The highest BCUT2D eigenvalue weighted by Crippen LogP contribution is 2.27. The van der Waals surface area contributed by atoms with Crippen LogP contribution >= 0.6 is 45.8 Å². The fourth-order valence-corrected chi connectivity index (χ4v) is 2.43. The molecule has 0 aliphatic carbocycles. The zero-order valence-electron chi connectivity index (χ0n) is 9.62. The highest BCUT2D eigenvalue weighted by atomic mass is 127. The van der Waals surface area contributed by atoms with Crippen LogP contribution in [0.2, 0.25) is 10.2 Å². The number of hydrogen-bond acceptors (Lipinski definition) is 3. The smallest absolute Gasteiger partial charge is 0.181 e. The third-order valence-electron chi connectivity index (χ3n) is 2.34. The van der Waals surface area contributed by atoms with E-state index >= 15 is 0 Å². The molecule has 0 atom stereocenters. The van der Waals surface area contributed by atoms with Crippen molar-refractivity contribution in [3.63, 3.8) is 0 Å². The Morgan fingerprint density at radius 3 is 2.72 bits per heavy atom. The van der Waals surface area contributed by atoms with Gasteiger partial charge in [-0.3, -0.25) is 4.98 Å². The summed E-state index contributed by atoms with van der Waals surface area (Å²) in [5.41, 5.74) is 1.50. The molecule has 0 saturated heterocycles. The first-order valence-corrected chi connectivity index (χ1v) is 7.29. The Kier molecular flexibility index (Phi) is 4.75. The Labute approximate surface area is 129 Å². The van der Waals surface area contributed by atoms with Crippen LogP contribution in [0.3, 0.4) is 0 Å². The molecule has 2 heterocycles. The SMILES string of the molecule is CCCc1nc(-c2ncccc2Cl)nc(Cl)c1I. The van der Waals surface area contributed by atoms with Gasteiger partial charge in [-0.05, 0) is 41.1 Å². The van der Waals surface area contributed by atoms with E-state index in [1.54, 1.807) is 18.3 Å².